The quantitative estimate of drug-likeness (QED) is 0.199. The normalized spacial score (nSPS) is 12.2. The molecule has 4 nitrogen and oxygen atoms in total. The van der Waals surface area contributed by atoms with Crippen LogP contribution >= 0.6 is 0 Å². The first-order chi connectivity index (χ1) is 19.3. The van der Waals surface area contributed by atoms with Crippen LogP contribution in [-0.4, -0.2) is 33.6 Å². The highest BCUT2D eigenvalue weighted by Crippen LogP contribution is 2.33. The molecule has 0 saturated heterocycles. The molecule has 0 atom stereocenters. The molecule has 0 bridgehead atoms. The molecule has 2 rings (SSSR count). The van der Waals surface area contributed by atoms with Gasteiger partial charge in [0.05, 0.1) is 0 Å². The van der Waals surface area contributed by atoms with Gasteiger partial charge in [0.1, 0.15) is 11.5 Å². The second-order valence-corrected chi connectivity index (χ2v) is 14.0. The lowest BCUT2D eigenvalue weighted by Crippen LogP contribution is -2.41. The summed E-state index contributed by atoms with van der Waals surface area (Å²) in [4.78, 5) is 15.7. The van der Waals surface area contributed by atoms with Crippen molar-refractivity contribution in [1.82, 2.24) is 4.90 Å². The average molecular weight is 566 g/mol. The molecule has 0 radical (unpaired) electrons. The van der Waals surface area contributed by atoms with Gasteiger partial charge < -0.3 is 15.1 Å². The Labute approximate surface area is 251 Å². The second kappa shape index (κ2) is 16.2. The summed E-state index contributed by atoms with van der Waals surface area (Å²) in [6.07, 6.45) is 12.2. The Hall–Kier alpha value is -2.49. The number of benzene rings is 2. The predicted molar refractivity (Wildman–Crippen MR) is 174 cm³/mol. The van der Waals surface area contributed by atoms with Crippen LogP contribution in [0.25, 0.3) is 0 Å². The van der Waals surface area contributed by atoms with Gasteiger partial charge in [0, 0.05) is 19.0 Å². The van der Waals surface area contributed by atoms with E-state index in [0.717, 1.165) is 56.2 Å². The molecule has 4 heteroatoms. The molecule has 0 aliphatic rings. The number of phenols is 2. The van der Waals surface area contributed by atoms with E-state index in [0.29, 0.717) is 17.9 Å². The minimum atomic E-state index is -0.135. The molecule has 41 heavy (non-hydrogen) atoms. The van der Waals surface area contributed by atoms with Crippen molar-refractivity contribution in [2.75, 3.05) is 6.54 Å². The summed E-state index contributed by atoms with van der Waals surface area (Å²) in [6.45, 7) is 17.9. The summed E-state index contributed by atoms with van der Waals surface area (Å²) in [6, 6.07) is 12.1. The van der Waals surface area contributed by atoms with Crippen molar-refractivity contribution in [1.29, 1.82) is 0 Å². The van der Waals surface area contributed by atoms with Gasteiger partial charge in [0.15, 0.2) is 0 Å². The Morgan fingerprint density at radius 3 is 1.61 bits per heavy atom. The van der Waals surface area contributed by atoms with Gasteiger partial charge >= 0.3 is 0 Å². The zero-order valence-corrected chi connectivity index (χ0v) is 27.5. The topological polar surface area (TPSA) is 60.8 Å². The zero-order chi connectivity index (χ0) is 30.6. The lowest BCUT2D eigenvalue weighted by atomic mass is 9.84. The van der Waals surface area contributed by atoms with Gasteiger partial charge in [-0.1, -0.05) is 112 Å². The molecule has 0 unspecified atom stereocenters. The van der Waals surface area contributed by atoms with Gasteiger partial charge in [-0.05, 0) is 83.7 Å². The van der Waals surface area contributed by atoms with Crippen LogP contribution in [0.5, 0.6) is 11.5 Å². The molecule has 0 aromatic heterocycles. The molecule has 0 heterocycles. The first-order valence-electron chi connectivity index (χ1n) is 16.2. The van der Waals surface area contributed by atoms with E-state index in [1.54, 1.807) is 0 Å². The zero-order valence-electron chi connectivity index (χ0n) is 27.5. The number of amides is 1. The summed E-state index contributed by atoms with van der Waals surface area (Å²) < 4.78 is 0. The van der Waals surface area contributed by atoms with Crippen LogP contribution < -0.4 is 0 Å². The summed E-state index contributed by atoms with van der Waals surface area (Å²) in [5, 5.41) is 21.0. The number of hydrogen-bond acceptors (Lipinski definition) is 3. The number of carbonyl (C=O) groups excluding carboxylic acids is 1. The minimum Gasteiger partial charge on any atom is -0.508 e. The Kier molecular flexibility index (Phi) is 13.7. The Morgan fingerprint density at radius 1 is 0.707 bits per heavy atom. The SMILES string of the molecule is CCCCCCCCN(C(=O)CCC)C(CCc1ccc(O)c(C(C)(C)C)c1)CCc1ccc(O)c(C(C)(C)C)c1. The van der Waals surface area contributed by atoms with Crippen LogP contribution in [0.15, 0.2) is 36.4 Å². The number of nitrogens with zero attached hydrogens (tertiary/aromatic N) is 1. The molecular formula is C37H59NO3. The summed E-state index contributed by atoms with van der Waals surface area (Å²) in [5.41, 5.74) is 4.08. The van der Waals surface area contributed by atoms with Crippen LogP contribution in [-0.2, 0) is 28.5 Å². The molecule has 0 aliphatic heterocycles. The van der Waals surface area contributed by atoms with Gasteiger partial charge in [-0.3, -0.25) is 4.79 Å². The third-order valence-corrected chi connectivity index (χ3v) is 8.25. The largest absolute Gasteiger partial charge is 0.508 e. The number of carbonyl (C=O) groups is 1. The minimum absolute atomic E-state index is 0.135. The maximum Gasteiger partial charge on any atom is 0.222 e. The maximum absolute atomic E-state index is 13.5. The molecular weight excluding hydrogens is 506 g/mol. The van der Waals surface area contributed by atoms with E-state index in [-0.39, 0.29) is 22.8 Å². The van der Waals surface area contributed by atoms with Crippen molar-refractivity contribution in [3.05, 3.63) is 58.7 Å². The van der Waals surface area contributed by atoms with Crippen LogP contribution in [0, 0.1) is 0 Å². The fourth-order valence-corrected chi connectivity index (χ4v) is 5.73. The van der Waals surface area contributed by atoms with Gasteiger partial charge in [-0.15, -0.1) is 0 Å². The van der Waals surface area contributed by atoms with Gasteiger partial charge in [0.2, 0.25) is 5.91 Å². The fourth-order valence-electron chi connectivity index (χ4n) is 5.73. The van der Waals surface area contributed by atoms with E-state index >= 15 is 0 Å². The Balaban J connectivity index is 2.30. The predicted octanol–water partition coefficient (Wildman–Crippen LogP) is 9.62. The van der Waals surface area contributed by atoms with E-state index in [1.165, 1.54) is 43.2 Å². The highest BCUT2D eigenvalue weighted by molar-refractivity contribution is 5.76. The molecule has 2 aromatic rings. The van der Waals surface area contributed by atoms with Crippen molar-refractivity contribution < 1.29 is 15.0 Å². The summed E-state index contributed by atoms with van der Waals surface area (Å²) in [5.74, 6) is 0.971. The molecule has 0 aliphatic carbocycles. The first-order valence-corrected chi connectivity index (χ1v) is 16.2. The highest BCUT2D eigenvalue weighted by atomic mass is 16.3. The van der Waals surface area contributed by atoms with Crippen molar-refractivity contribution >= 4 is 5.91 Å². The van der Waals surface area contributed by atoms with Crippen molar-refractivity contribution in [3.8, 4) is 11.5 Å². The number of aromatic hydroxyl groups is 2. The second-order valence-electron chi connectivity index (χ2n) is 14.0. The van der Waals surface area contributed by atoms with Gasteiger partial charge in [-0.2, -0.15) is 0 Å². The monoisotopic (exact) mass is 565 g/mol. The van der Waals surface area contributed by atoms with E-state index in [2.05, 4.69) is 72.4 Å². The standard InChI is InChI=1S/C37H59NO3/c1-9-11-12-13-14-15-25-38(35(41)16-10-2)30(21-17-28-19-23-33(39)31(26-28)36(3,4)5)22-18-29-20-24-34(40)32(27-29)37(6,7)8/h19-20,23-24,26-27,30,39-40H,9-18,21-22,25H2,1-8H3. The summed E-state index contributed by atoms with van der Waals surface area (Å²) in [7, 11) is 0. The van der Waals surface area contributed by atoms with Crippen molar-refractivity contribution in [3.63, 3.8) is 0 Å². The van der Waals surface area contributed by atoms with Crippen molar-refractivity contribution in [2.24, 2.45) is 0 Å². The third-order valence-electron chi connectivity index (χ3n) is 8.25. The highest BCUT2D eigenvalue weighted by Gasteiger charge is 2.25. The molecule has 0 fully saturated rings. The maximum atomic E-state index is 13.5. The Morgan fingerprint density at radius 2 is 1.17 bits per heavy atom. The molecule has 2 aromatic carbocycles. The van der Waals surface area contributed by atoms with Gasteiger partial charge in [0.25, 0.3) is 0 Å². The third kappa shape index (κ3) is 11.4. The van der Waals surface area contributed by atoms with Crippen LogP contribution in [0.1, 0.15) is 142 Å². The number of aryl methyl sites for hydroxylation is 2. The lowest BCUT2D eigenvalue weighted by molar-refractivity contribution is -0.134. The van der Waals surface area contributed by atoms with E-state index in [9.17, 15) is 15.0 Å². The molecule has 0 spiro atoms. The fraction of sp³-hybridized carbons (Fsp3) is 0.649. The molecule has 1 amide bonds. The van der Waals surface area contributed by atoms with Gasteiger partial charge in [-0.25, -0.2) is 0 Å². The first kappa shape index (κ1) is 34.7. The number of rotatable bonds is 16. The van der Waals surface area contributed by atoms with E-state index in [4.69, 9.17) is 0 Å². The number of unbranched alkanes of at least 4 members (excludes halogenated alkanes) is 5. The number of hydrogen-bond donors (Lipinski definition) is 2. The Bertz CT molecular complexity index is 1010. The van der Waals surface area contributed by atoms with E-state index in [1.807, 2.05) is 24.3 Å². The van der Waals surface area contributed by atoms with Crippen molar-refractivity contribution in [2.45, 2.75) is 149 Å². The smallest absolute Gasteiger partial charge is 0.222 e. The van der Waals surface area contributed by atoms with Crippen LogP contribution in [0.3, 0.4) is 0 Å². The molecule has 2 N–H and O–H groups in total. The molecule has 230 valence electrons. The van der Waals surface area contributed by atoms with Crippen LogP contribution in [0.4, 0.5) is 0 Å². The van der Waals surface area contributed by atoms with Crippen LogP contribution in [0.2, 0.25) is 0 Å². The van der Waals surface area contributed by atoms with E-state index < -0.39 is 0 Å². The summed E-state index contributed by atoms with van der Waals surface area (Å²) >= 11 is 0. The average Bonchev–Trinajstić information content (AvgIpc) is 2.89. The number of phenolic OH excluding ortho intramolecular Hbond substituents is 2. The molecule has 0 saturated carbocycles. The lowest BCUT2D eigenvalue weighted by Gasteiger charge is -2.33.